The molecule has 0 bridgehead atoms. The topological polar surface area (TPSA) is 25.2 Å². The summed E-state index contributed by atoms with van der Waals surface area (Å²) >= 11 is 6.03. The Balaban J connectivity index is 2.89. The summed E-state index contributed by atoms with van der Waals surface area (Å²) in [6, 6.07) is 5.73. The first kappa shape index (κ1) is 8.60. The van der Waals surface area contributed by atoms with E-state index < -0.39 is 0 Å². The second-order valence-electron chi connectivity index (χ2n) is 3.06. The summed E-state index contributed by atoms with van der Waals surface area (Å²) in [6.45, 7) is 0.0288. The molecule has 0 aliphatic heterocycles. The normalized spacial score (nSPS) is 11.0. The van der Waals surface area contributed by atoms with E-state index in [2.05, 4.69) is 0 Å². The van der Waals surface area contributed by atoms with E-state index in [0.717, 1.165) is 16.5 Å². The highest BCUT2D eigenvalue weighted by Crippen LogP contribution is 2.27. The molecule has 2 nitrogen and oxygen atoms in total. The molecule has 0 saturated carbocycles. The largest absolute Gasteiger partial charge is 0.392 e. The number of aliphatic hydroxyl groups is 1. The third kappa shape index (κ3) is 1.23. The number of aliphatic hydroxyl groups excluding tert-OH is 1. The Kier molecular flexibility index (Phi) is 2.02. The minimum atomic E-state index is 0.0288. The molecular formula is C10H10ClNO. The number of aromatic nitrogens is 1. The van der Waals surface area contributed by atoms with E-state index in [1.54, 1.807) is 0 Å². The lowest BCUT2D eigenvalue weighted by Crippen LogP contribution is -1.82. The van der Waals surface area contributed by atoms with Crippen molar-refractivity contribution in [2.75, 3.05) is 0 Å². The highest BCUT2D eigenvalue weighted by Gasteiger charge is 2.07. The molecule has 2 rings (SSSR count). The lowest BCUT2D eigenvalue weighted by molar-refractivity contribution is 0.283. The fraction of sp³-hybridized carbons (Fsp3) is 0.200. The number of benzene rings is 1. The molecule has 0 radical (unpaired) electrons. The minimum absolute atomic E-state index is 0.0288. The van der Waals surface area contributed by atoms with Crippen LogP contribution in [0.15, 0.2) is 24.4 Å². The van der Waals surface area contributed by atoms with Crippen LogP contribution >= 0.6 is 11.6 Å². The van der Waals surface area contributed by atoms with Gasteiger partial charge in [0.05, 0.1) is 11.6 Å². The molecule has 1 aromatic carbocycles. The molecule has 0 saturated heterocycles. The Bertz CT molecular complexity index is 447. The van der Waals surface area contributed by atoms with Crippen LogP contribution < -0.4 is 0 Å². The summed E-state index contributed by atoms with van der Waals surface area (Å²) < 4.78 is 1.97. The predicted octanol–water partition coefficient (Wildman–Crippen LogP) is 2.32. The molecule has 0 unspecified atom stereocenters. The molecule has 13 heavy (non-hydrogen) atoms. The molecule has 0 spiro atoms. The van der Waals surface area contributed by atoms with Crippen LogP contribution in [0.2, 0.25) is 5.02 Å². The van der Waals surface area contributed by atoms with Crippen LogP contribution in [0.5, 0.6) is 0 Å². The molecule has 68 valence electrons. The summed E-state index contributed by atoms with van der Waals surface area (Å²) in [5.41, 5.74) is 1.93. The van der Waals surface area contributed by atoms with Crippen molar-refractivity contribution in [2.45, 2.75) is 6.61 Å². The van der Waals surface area contributed by atoms with Crippen LogP contribution in [-0.4, -0.2) is 9.67 Å². The third-order valence-corrected chi connectivity index (χ3v) is 2.53. The van der Waals surface area contributed by atoms with E-state index in [4.69, 9.17) is 16.7 Å². The Hall–Kier alpha value is -0.990. The Morgan fingerprint density at radius 1 is 1.46 bits per heavy atom. The summed E-state index contributed by atoms with van der Waals surface area (Å²) in [5, 5.41) is 10.8. The monoisotopic (exact) mass is 195 g/mol. The van der Waals surface area contributed by atoms with Crippen LogP contribution in [0.25, 0.3) is 10.9 Å². The van der Waals surface area contributed by atoms with Crippen LogP contribution in [0.1, 0.15) is 5.56 Å². The second-order valence-corrected chi connectivity index (χ2v) is 3.46. The van der Waals surface area contributed by atoms with Gasteiger partial charge in [-0.3, -0.25) is 0 Å². The molecule has 2 aromatic rings. The van der Waals surface area contributed by atoms with Gasteiger partial charge >= 0.3 is 0 Å². The fourth-order valence-corrected chi connectivity index (χ4v) is 1.90. The number of hydrogen-bond donors (Lipinski definition) is 1. The van der Waals surface area contributed by atoms with E-state index in [1.165, 1.54) is 0 Å². The number of rotatable bonds is 1. The number of hydrogen-bond acceptors (Lipinski definition) is 1. The van der Waals surface area contributed by atoms with Gasteiger partial charge in [0.2, 0.25) is 0 Å². The predicted molar refractivity (Wildman–Crippen MR) is 53.9 cm³/mol. The lowest BCUT2D eigenvalue weighted by atomic mass is 10.2. The van der Waals surface area contributed by atoms with Crippen molar-refractivity contribution >= 4 is 22.5 Å². The quantitative estimate of drug-likeness (QED) is 0.743. The van der Waals surface area contributed by atoms with Gasteiger partial charge in [0.1, 0.15) is 0 Å². The van der Waals surface area contributed by atoms with Crippen LogP contribution in [-0.2, 0) is 13.7 Å². The van der Waals surface area contributed by atoms with Gasteiger partial charge in [-0.15, -0.1) is 0 Å². The highest BCUT2D eigenvalue weighted by molar-refractivity contribution is 6.35. The minimum Gasteiger partial charge on any atom is -0.392 e. The van der Waals surface area contributed by atoms with Gasteiger partial charge in [-0.05, 0) is 12.1 Å². The Labute approximate surface area is 81.4 Å². The molecule has 1 aromatic heterocycles. The maximum absolute atomic E-state index is 9.10. The first-order chi connectivity index (χ1) is 6.24. The molecule has 0 atom stereocenters. The van der Waals surface area contributed by atoms with Crippen LogP contribution in [0, 0.1) is 0 Å². The first-order valence-electron chi connectivity index (χ1n) is 4.07. The van der Waals surface area contributed by atoms with Gasteiger partial charge in [-0.2, -0.15) is 0 Å². The summed E-state index contributed by atoms with van der Waals surface area (Å²) in [6.07, 6.45) is 1.90. The number of halogens is 1. The standard InChI is InChI=1S/C10H10ClNO/c1-12-5-7(6-13)10-8(11)3-2-4-9(10)12/h2-5,13H,6H2,1H3. The average molecular weight is 196 g/mol. The van der Waals surface area contributed by atoms with Gasteiger partial charge in [0.25, 0.3) is 0 Å². The maximum Gasteiger partial charge on any atom is 0.0703 e. The van der Waals surface area contributed by atoms with Crippen molar-refractivity contribution in [1.82, 2.24) is 4.57 Å². The molecule has 1 N–H and O–H groups in total. The van der Waals surface area contributed by atoms with Crippen molar-refractivity contribution in [3.8, 4) is 0 Å². The zero-order valence-corrected chi connectivity index (χ0v) is 8.04. The van der Waals surface area contributed by atoms with Gasteiger partial charge in [-0.25, -0.2) is 0 Å². The molecule has 0 amide bonds. The van der Waals surface area contributed by atoms with Gasteiger partial charge in [-0.1, -0.05) is 17.7 Å². The van der Waals surface area contributed by atoms with Crippen molar-refractivity contribution in [1.29, 1.82) is 0 Å². The molecule has 0 fully saturated rings. The van der Waals surface area contributed by atoms with E-state index in [1.807, 2.05) is 36.0 Å². The lowest BCUT2D eigenvalue weighted by Gasteiger charge is -1.97. The summed E-state index contributed by atoms with van der Waals surface area (Å²) in [4.78, 5) is 0. The summed E-state index contributed by atoms with van der Waals surface area (Å²) in [7, 11) is 1.94. The average Bonchev–Trinajstić information content (AvgIpc) is 2.45. The van der Waals surface area contributed by atoms with Crippen LogP contribution in [0.4, 0.5) is 0 Å². The maximum atomic E-state index is 9.10. The van der Waals surface area contributed by atoms with Gasteiger partial charge in [0, 0.05) is 29.7 Å². The molecule has 0 aliphatic carbocycles. The number of nitrogens with zero attached hydrogens (tertiary/aromatic N) is 1. The zero-order valence-electron chi connectivity index (χ0n) is 7.29. The van der Waals surface area contributed by atoms with Crippen molar-refractivity contribution in [2.24, 2.45) is 7.05 Å². The Morgan fingerprint density at radius 3 is 2.92 bits per heavy atom. The van der Waals surface area contributed by atoms with Crippen LogP contribution in [0.3, 0.4) is 0 Å². The van der Waals surface area contributed by atoms with Crippen molar-refractivity contribution in [3.63, 3.8) is 0 Å². The third-order valence-electron chi connectivity index (χ3n) is 2.21. The number of aryl methyl sites for hydroxylation is 1. The highest BCUT2D eigenvalue weighted by atomic mass is 35.5. The van der Waals surface area contributed by atoms with E-state index in [0.29, 0.717) is 5.02 Å². The number of fused-ring (bicyclic) bond motifs is 1. The van der Waals surface area contributed by atoms with Gasteiger partial charge in [0.15, 0.2) is 0 Å². The van der Waals surface area contributed by atoms with E-state index in [9.17, 15) is 0 Å². The molecule has 0 aliphatic rings. The Morgan fingerprint density at radius 2 is 2.23 bits per heavy atom. The smallest absolute Gasteiger partial charge is 0.0703 e. The summed E-state index contributed by atoms with van der Waals surface area (Å²) in [5.74, 6) is 0. The fourth-order valence-electron chi connectivity index (χ4n) is 1.61. The van der Waals surface area contributed by atoms with E-state index in [-0.39, 0.29) is 6.61 Å². The van der Waals surface area contributed by atoms with E-state index >= 15 is 0 Å². The molecule has 3 heteroatoms. The SMILES string of the molecule is Cn1cc(CO)c2c(Cl)cccc21. The molecular weight excluding hydrogens is 186 g/mol. The zero-order chi connectivity index (χ0) is 9.42. The second kappa shape index (κ2) is 3.05. The molecule has 1 heterocycles. The van der Waals surface area contributed by atoms with Gasteiger partial charge < -0.3 is 9.67 Å². The van der Waals surface area contributed by atoms with Crippen molar-refractivity contribution < 1.29 is 5.11 Å². The van der Waals surface area contributed by atoms with Crippen molar-refractivity contribution in [3.05, 3.63) is 35.0 Å². The first-order valence-corrected chi connectivity index (χ1v) is 4.45.